The van der Waals surface area contributed by atoms with E-state index in [-0.39, 0.29) is 17.1 Å². The van der Waals surface area contributed by atoms with Crippen molar-refractivity contribution in [3.05, 3.63) is 41.5 Å². The molecule has 0 amide bonds. The van der Waals surface area contributed by atoms with Crippen molar-refractivity contribution in [2.24, 2.45) is 0 Å². The summed E-state index contributed by atoms with van der Waals surface area (Å²) in [7, 11) is 3.81. The number of allylic oxidation sites excluding steroid dienone is 1. The molecule has 0 fully saturated rings. The average Bonchev–Trinajstić information content (AvgIpc) is 2.34. The third-order valence-electron chi connectivity index (χ3n) is 2.58. The normalized spacial score (nSPS) is 11.7. The predicted molar refractivity (Wildman–Crippen MR) is 73.3 cm³/mol. The second-order valence-corrected chi connectivity index (χ2v) is 4.50. The minimum Gasteiger partial charge on any atom is -0.309 e. The Morgan fingerprint density at radius 3 is 2.28 bits per heavy atom. The molecule has 18 heavy (non-hydrogen) atoms. The summed E-state index contributed by atoms with van der Waals surface area (Å²) in [6.45, 7) is 2.08. The molecule has 0 aliphatic rings. The Hall–Kier alpha value is -1.74. The summed E-state index contributed by atoms with van der Waals surface area (Å²) in [5.74, 6) is -0.275. The van der Waals surface area contributed by atoms with E-state index in [0.717, 1.165) is 5.56 Å². The van der Waals surface area contributed by atoms with Crippen LogP contribution >= 0.6 is 0 Å². The van der Waals surface area contributed by atoms with Gasteiger partial charge in [-0.2, -0.15) is 0 Å². The summed E-state index contributed by atoms with van der Waals surface area (Å²) in [6, 6.07) is 9.42. The minimum absolute atomic E-state index is 0.0972. The first-order chi connectivity index (χ1) is 8.50. The summed E-state index contributed by atoms with van der Waals surface area (Å²) in [5.41, 5.74) is 1.16. The number of hydrogen-bond donors (Lipinski definition) is 0. The molecule has 0 heterocycles. The van der Waals surface area contributed by atoms with Crippen LogP contribution in [0.15, 0.2) is 35.9 Å². The van der Waals surface area contributed by atoms with E-state index < -0.39 is 0 Å². The van der Waals surface area contributed by atoms with E-state index >= 15 is 0 Å². The van der Waals surface area contributed by atoms with Gasteiger partial charge in [0, 0.05) is 13.0 Å². The zero-order chi connectivity index (χ0) is 13.5. The quantitative estimate of drug-likeness (QED) is 0.438. The molecule has 3 nitrogen and oxygen atoms in total. The molecule has 0 saturated carbocycles. The third kappa shape index (κ3) is 4.63. The van der Waals surface area contributed by atoms with Crippen LogP contribution in [0.3, 0.4) is 0 Å². The van der Waals surface area contributed by atoms with Crippen molar-refractivity contribution in [1.82, 2.24) is 4.90 Å². The van der Waals surface area contributed by atoms with Crippen molar-refractivity contribution in [3.8, 4) is 0 Å². The molecule has 3 heteroatoms. The second kappa shape index (κ2) is 6.87. The first-order valence-electron chi connectivity index (χ1n) is 5.96. The summed E-state index contributed by atoms with van der Waals surface area (Å²) in [4.78, 5) is 25.4. The van der Waals surface area contributed by atoms with Gasteiger partial charge in [0.05, 0.1) is 5.57 Å². The monoisotopic (exact) mass is 245 g/mol. The summed E-state index contributed by atoms with van der Waals surface area (Å²) in [5, 5.41) is 0. The van der Waals surface area contributed by atoms with E-state index in [2.05, 4.69) is 0 Å². The summed E-state index contributed by atoms with van der Waals surface area (Å²) in [6.07, 6.45) is 2.03. The third-order valence-corrected chi connectivity index (χ3v) is 2.58. The molecule has 1 aromatic carbocycles. The maximum atomic E-state index is 12.0. The van der Waals surface area contributed by atoms with Crippen LogP contribution in [0.2, 0.25) is 0 Å². The Bertz CT molecular complexity index is 447. The maximum Gasteiger partial charge on any atom is 0.167 e. The van der Waals surface area contributed by atoms with E-state index in [4.69, 9.17) is 0 Å². The molecule has 0 spiro atoms. The molecule has 1 aromatic rings. The molecule has 0 aliphatic carbocycles. The van der Waals surface area contributed by atoms with Crippen LogP contribution in [0.25, 0.3) is 6.08 Å². The number of benzene rings is 1. The fourth-order valence-electron chi connectivity index (χ4n) is 1.55. The molecular weight excluding hydrogens is 226 g/mol. The summed E-state index contributed by atoms with van der Waals surface area (Å²) < 4.78 is 0. The van der Waals surface area contributed by atoms with Gasteiger partial charge in [-0.15, -0.1) is 0 Å². The van der Waals surface area contributed by atoms with Gasteiger partial charge in [0.2, 0.25) is 0 Å². The van der Waals surface area contributed by atoms with Crippen LogP contribution in [0, 0.1) is 0 Å². The number of carbonyl (C=O) groups is 2. The van der Waals surface area contributed by atoms with Crippen LogP contribution in [-0.2, 0) is 9.59 Å². The highest BCUT2D eigenvalue weighted by Crippen LogP contribution is 2.10. The lowest BCUT2D eigenvalue weighted by Gasteiger charge is -2.09. The van der Waals surface area contributed by atoms with Gasteiger partial charge < -0.3 is 4.90 Å². The van der Waals surface area contributed by atoms with Crippen molar-refractivity contribution >= 4 is 17.6 Å². The van der Waals surface area contributed by atoms with Crippen LogP contribution in [0.1, 0.15) is 18.9 Å². The molecule has 0 unspecified atom stereocenters. The van der Waals surface area contributed by atoms with Gasteiger partial charge in [0.1, 0.15) is 0 Å². The van der Waals surface area contributed by atoms with Crippen molar-refractivity contribution < 1.29 is 9.59 Å². The number of carbonyl (C=O) groups excluding carboxylic acids is 2. The zero-order valence-electron chi connectivity index (χ0n) is 11.1. The van der Waals surface area contributed by atoms with E-state index in [0.29, 0.717) is 13.0 Å². The van der Waals surface area contributed by atoms with Crippen LogP contribution in [-0.4, -0.2) is 37.1 Å². The SMILES string of the molecule is CC(=O)/C(=C\c1ccccc1)C(=O)CCN(C)C. The molecule has 96 valence electrons. The Balaban J connectivity index is 2.86. The fraction of sp³-hybridized carbons (Fsp3) is 0.333. The maximum absolute atomic E-state index is 12.0. The molecule has 0 saturated heterocycles. The van der Waals surface area contributed by atoms with Gasteiger partial charge in [-0.25, -0.2) is 0 Å². The highest BCUT2D eigenvalue weighted by Gasteiger charge is 2.14. The topological polar surface area (TPSA) is 37.4 Å². The van der Waals surface area contributed by atoms with Gasteiger partial charge in [0.15, 0.2) is 11.6 Å². The van der Waals surface area contributed by atoms with E-state index in [9.17, 15) is 9.59 Å². The van der Waals surface area contributed by atoms with E-state index in [1.807, 2.05) is 49.3 Å². The minimum atomic E-state index is -0.178. The zero-order valence-corrected chi connectivity index (χ0v) is 11.1. The number of hydrogen-bond acceptors (Lipinski definition) is 3. The standard InChI is InChI=1S/C15H19NO2/c1-12(17)14(15(18)9-10-16(2)3)11-13-7-5-4-6-8-13/h4-8,11H,9-10H2,1-3H3/b14-11+. The van der Waals surface area contributed by atoms with Crippen LogP contribution in [0.4, 0.5) is 0 Å². The lowest BCUT2D eigenvalue weighted by atomic mass is 10.0. The average molecular weight is 245 g/mol. The molecule has 0 N–H and O–H groups in total. The first kappa shape index (κ1) is 14.3. The Morgan fingerprint density at radius 2 is 1.78 bits per heavy atom. The summed E-state index contributed by atoms with van der Waals surface area (Å²) >= 11 is 0. The molecule has 1 rings (SSSR count). The first-order valence-corrected chi connectivity index (χ1v) is 5.96. The Morgan fingerprint density at radius 1 is 1.17 bits per heavy atom. The lowest BCUT2D eigenvalue weighted by molar-refractivity contribution is -0.120. The fourth-order valence-corrected chi connectivity index (χ4v) is 1.55. The van der Waals surface area contributed by atoms with Gasteiger partial charge in [-0.05, 0) is 32.7 Å². The highest BCUT2D eigenvalue weighted by atomic mass is 16.1. The van der Waals surface area contributed by atoms with Gasteiger partial charge in [0.25, 0.3) is 0 Å². The number of rotatable bonds is 6. The van der Waals surface area contributed by atoms with Gasteiger partial charge in [-0.1, -0.05) is 30.3 Å². The molecule has 0 bridgehead atoms. The van der Waals surface area contributed by atoms with Crippen molar-refractivity contribution in [1.29, 1.82) is 0 Å². The van der Waals surface area contributed by atoms with Crippen LogP contribution in [0.5, 0.6) is 0 Å². The molecule has 0 radical (unpaired) electrons. The molecular formula is C15H19NO2. The van der Waals surface area contributed by atoms with Gasteiger partial charge >= 0.3 is 0 Å². The number of ketones is 2. The Kier molecular flexibility index (Phi) is 5.46. The largest absolute Gasteiger partial charge is 0.309 e. The van der Waals surface area contributed by atoms with Crippen LogP contribution < -0.4 is 0 Å². The predicted octanol–water partition coefficient (Wildman–Crippen LogP) is 2.18. The molecule has 0 aromatic heterocycles. The molecule has 0 atom stereocenters. The van der Waals surface area contributed by atoms with Crippen molar-refractivity contribution in [2.75, 3.05) is 20.6 Å². The van der Waals surface area contributed by atoms with E-state index in [1.165, 1.54) is 6.92 Å². The highest BCUT2D eigenvalue weighted by molar-refractivity contribution is 6.22. The van der Waals surface area contributed by atoms with Gasteiger partial charge in [-0.3, -0.25) is 9.59 Å². The second-order valence-electron chi connectivity index (χ2n) is 4.50. The molecule has 0 aliphatic heterocycles. The lowest BCUT2D eigenvalue weighted by Crippen LogP contribution is -2.19. The Labute approximate surface area is 108 Å². The van der Waals surface area contributed by atoms with Crippen molar-refractivity contribution in [3.63, 3.8) is 0 Å². The smallest absolute Gasteiger partial charge is 0.167 e. The van der Waals surface area contributed by atoms with Crippen molar-refractivity contribution in [2.45, 2.75) is 13.3 Å². The number of nitrogens with zero attached hydrogens (tertiary/aromatic N) is 1. The van der Waals surface area contributed by atoms with E-state index in [1.54, 1.807) is 6.08 Å². The number of Topliss-reactive ketones (excluding diaryl/α,β-unsaturated/α-hetero) is 2.